The van der Waals surface area contributed by atoms with Crippen molar-refractivity contribution >= 4 is 6.09 Å². The quantitative estimate of drug-likeness (QED) is 0.851. The number of carbonyl (C=O) groups is 1. The Balaban J connectivity index is 2.16. The van der Waals surface area contributed by atoms with Crippen LogP contribution < -0.4 is 5.73 Å². The van der Waals surface area contributed by atoms with Crippen LogP contribution in [0.4, 0.5) is 4.79 Å². The second kappa shape index (κ2) is 5.48. The summed E-state index contributed by atoms with van der Waals surface area (Å²) in [5, 5.41) is 9.80. The van der Waals surface area contributed by atoms with E-state index in [4.69, 9.17) is 10.5 Å². The summed E-state index contributed by atoms with van der Waals surface area (Å²) in [5.74, 6) is 0.198. The Morgan fingerprint density at radius 3 is 2.89 bits per heavy atom. The van der Waals surface area contributed by atoms with E-state index in [1.54, 1.807) is 17.0 Å². The van der Waals surface area contributed by atoms with Gasteiger partial charge in [0.1, 0.15) is 12.4 Å². The molecule has 1 heterocycles. The van der Waals surface area contributed by atoms with E-state index >= 15 is 0 Å². The molecule has 1 unspecified atom stereocenters. The molecule has 0 radical (unpaired) electrons. The summed E-state index contributed by atoms with van der Waals surface area (Å²) in [6, 6.07) is 7.03. The van der Waals surface area contributed by atoms with E-state index in [9.17, 15) is 9.90 Å². The third kappa shape index (κ3) is 2.81. The van der Waals surface area contributed by atoms with Gasteiger partial charge in [0.2, 0.25) is 0 Å². The summed E-state index contributed by atoms with van der Waals surface area (Å²) in [5.41, 5.74) is 5.91. The summed E-state index contributed by atoms with van der Waals surface area (Å²) in [6.45, 7) is 3.31. The van der Waals surface area contributed by atoms with E-state index in [1.807, 2.05) is 19.1 Å². The zero-order valence-electron chi connectivity index (χ0n) is 11.1. The van der Waals surface area contributed by atoms with Crippen molar-refractivity contribution in [3.05, 3.63) is 29.8 Å². The lowest BCUT2D eigenvalue weighted by Crippen LogP contribution is -2.44. The van der Waals surface area contributed by atoms with Gasteiger partial charge in [-0.2, -0.15) is 0 Å². The molecule has 1 aliphatic rings. The molecular formula is C14H20N2O3. The van der Waals surface area contributed by atoms with Crippen LogP contribution in [-0.4, -0.2) is 34.8 Å². The van der Waals surface area contributed by atoms with Crippen molar-refractivity contribution in [1.29, 1.82) is 0 Å². The molecule has 2 rings (SSSR count). The lowest BCUT2D eigenvalue weighted by molar-refractivity contribution is 0.146. The molecule has 104 valence electrons. The lowest BCUT2D eigenvalue weighted by atomic mass is 9.95. The molecule has 0 aliphatic carbocycles. The molecule has 1 fully saturated rings. The number of hydrogen-bond acceptors (Lipinski definition) is 4. The zero-order valence-corrected chi connectivity index (χ0v) is 11.1. The first-order chi connectivity index (χ1) is 9.07. The van der Waals surface area contributed by atoms with Crippen LogP contribution in [0.2, 0.25) is 0 Å². The molecule has 5 heteroatoms. The summed E-state index contributed by atoms with van der Waals surface area (Å²) in [6.07, 6.45) is 1.30. The standard InChI is InChI=1S/C14H20N2O3/c1-14(7-4-8-15)10-19-13(18)16(14)9-11-5-2-3-6-12(11)17/h2-3,5-6,17H,4,7-10,15H2,1H3. The number of cyclic esters (lactones) is 1. The monoisotopic (exact) mass is 264 g/mol. The number of aromatic hydroxyl groups is 1. The maximum absolute atomic E-state index is 11.9. The molecule has 1 amide bonds. The van der Waals surface area contributed by atoms with Gasteiger partial charge < -0.3 is 15.6 Å². The summed E-state index contributed by atoms with van der Waals surface area (Å²) in [4.78, 5) is 13.5. The Hall–Kier alpha value is -1.75. The number of rotatable bonds is 5. The van der Waals surface area contributed by atoms with Crippen molar-refractivity contribution < 1.29 is 14.6 Å². The minimum Gasteiger partial charge on any atom is -0.508 e. The zero-order chi connectivity index (χ0) is 13.9. The van der Waals surface area contributed by atoms with E-state index in [-0.39, 0.29) is 17.4 Å². The Morgan fingerprint density at radius 1 is 1.47 bits per heavy atom. The molecule has 0 aromatic heterocycles. The van der Waals surface area contributed by atoms with Gasteiger partial charge in [-0.25, -0.2) is 4.79 Å². The largest absolute Gasteiger partial charge is 0.508 e. The van der Waals surface area contributed by atoms with Gasteiger partial charge in [0.05, 0.1) is 12.1 Å². The molecule has 0 bridgehead atoms. The lowest BCUT2D eigenvalue weighted by Gasteiger charge is -2.32. The second-order valence-electron chi connectivity index (χ2n) is 5.16. The fourth-order valence-corrected chi connectivity index (χ4v) is 2.35. The number of ether oxygens (including phenoxy) is 1. The van der Waals surface area contributed by atoms with Gasteiger partial charge in [0, 0.05) is 5.56 Å². The smallest absolute Gasteiger partial charge is 0.410 e. The van der Waals surface area contributed by atoms with Crippen LogP contribution in [0.25, 0.3) is 0 Å². The number of nitrogens with zero attached hydrogens (tertiary/aromatic N) is 1. The van der Waals surface area contributed by atoms with Gasteiger partial charge in [-0.1, -0.05) is 18.2 Å². The molecule has 1 aromatic rings. The number of benzene rings is 1. The number of hydrogen-bond donors (Lipinski definition) is 2. The van der Waals surface area contributed by atoms with Gasteiger partial charge in [-0.05, 0) is 32.4 Å². The Labute approximate surface area is 113 Å². The van der Waals surface area contributed by atoms with Crippen LogP contribution in [0.3, 0.4) is 0 Å². The highest BCUT2D eigenvalue weighted by atomic mass is 16.6. The first-order valence-electron chi connectivity index (χ1n) is 6.48. The number of amides is 1. The van der Waals surface area contributed by atoms with Crippen LogP contribution in [0, 0.1) is 0 Å². The van der Waals surface area contributed by atoms with E-state index in [1.165, 1.54) is 0 Å². The highest BCUT2D eigenvalue weighted by Gasteiger charge is 2.43. The first-order valence-corrected chi connectivity index (χ1v) is 6.48. The topological polar surface area (TPSA) is 75.8 Å². The maximum atomic E-state index is 11.9. The number of phenolic OH excluding ortho intramolecular Hbond substituents is 1. The normalized spacial score (nSPS) is 22.6. The van der Waals surface area contributed by atoms with Gasteiger partial charge in [0.15, 0.2) is 0 Å². The highest BCUT2D eigenvalue weighted by molar-refractivity contribution is 5.71. The molecule has 5 nitrogen and oxygen atoms in total. The van der Waals surface area contributed by atoms with Gasteiger partial charge >= 0.3 is 6.09 Å². The van der Waals surface area contributed by atoms with E-state index in [0.717, 1.165) is 18.4 Å². The first kappa shape index (κ1) is 13.7. The van der Waals surface area contributed by atoms with E-state index in [2.05, 4.69) is 0 Å². The number of carbonyl (C=O) groups excluding carboxylic acids is 1. The summed E-state index contributed by atoms with van der Waals surface area (Å²) >= 11 is 0. The van der Waals surface area contributed by atoms with Crippen LogP contribution in [0.15, 0.2) is 24.3 Å². The third-order valence-electron chi connectivity index (χ3n) is 3.62. The minimum atomic E-state index is -0.348. The molecule has 19 heavy (non-hydrogen) atoms. The van der Waals surface area contributed by atoms with Crippen LogP contribution in [-0.2, 0) is 11.3 Å². The van der Waals surface area contributed by atoms with Crippen LogP contribution >= 0.6 is 0 Å². The van der Waals surface area contributed by atoms with Gasteiger partial charge in [-0.3, -0.25) is 4.90 Å². The van der Waals surface area contributed by atoms with Crippen LogP contribution in [0.1, 0.15) is 25.3 Å². The van der Waals surface area contributed by atoms with Crippen molar-refractivity contribution in [3.8, 4) is 5.75 Å². The van der Waals surface area contributed by atoms with Crippen LogP contribution in [0.5, 0.6) is 5.75 Å². The van der Waals surface area contributed by atoms with Crippen molar-refractivity contribution in [2.24, 2.45) is 5.73 Å². The number of nitrogens with two attached hydrogens (primary N) is 1. The fourth-order valence-electron chi connectivity index (χ4n) is 2.35. The van der Waals surface area contributed by atoms with Crippen molar-refractivity contribution in [1.82, 2.24) is 4.90 Å². The molecule has 1 aliphatic heterocycles. The Kier molecular flexibility index (Phi) is 3.95. The summed E-state index contributed by atoms with van der Waals surface area (Å²) in [7, 11) is 0. The predicted octanol–water partition coefficient (Wildman–Crippen LogP) is 1.84. The second-order valence-corrected chi connectivity index (χ2v) is 5.16. The van der Waals surface area contributed by atoms with Crippen molar-refractivity contribution in [3.63, 3.8) is 0 Å². The molecule has 1 saturated heterocycles. The molecular weight excluding hydrogens is 244 g/mol. The van der Waals surface area contributed by atoms with E-state index < -0.39 is 0 Å². The van der Waals surface area contributed by atoms with Gasteiger partial charge in [0.25, 0.3) is 0 Å². The van der Waals surface area contributed by atoms with Crippen molar-refractivity contribution in [2.45, 2.75) is 31.8 Å². The maximum Gasteiger partial charge on any atom is 0.410 e. The van der Waals surface area contributed by atoms with E-state index in [0.29, 0.717) is 19.7 Å². The van der Waals surface area contributed by atoms with Gasteiger partial charge in [-0.15, -0.1) is 0 Å². The predicted molar refractivity (Wildman–Crippen MR) is 71.7 cm³/mol. The number of phenols is 1. The third-order valence-corrected chi connectivity index (χ3v) is 3.62. The Bertz CT molecular complexity index is 464. The minimum absolute atomic E-state index is 0.198. The SMILES string of the molecule is CC1(CCCN)COC(=O)N1Cc1ccccc1O. The molecule has 1 aromatic carbocycles. The average molecular weight is 264 g/mol. The summed E-state index contributed by atoms with van der Waals surface area (Å²) < 4.78 is 5.15. The molecule has 3 N–H and O–H groups in total. The average Bonchev–Trinajstić information content (AvgIpc) is 2.68. The van der Waals surface area contributed by atoms with Crippen molar-refractivity contribution in [2.75, 3.05) is 13.2 Å². The Morgan fingerprint density at radius 2 is 2.21 bits per heavy atom. The molecule has 1 atom stereocenters. The molecule has 0 spiro atoms. The number of para-hydroxylation sites is 1. The molecule has 0 saturated carbocycles. The fraction of sp³-hybridized carbons (Fsp3) is 0.500. The highest BCUT2D eigenvalue weighted by Crippen LogP contribution is 2.31.